The first-order chi connectivity index (χ1) is 12.5. The minimum Gasteiger partial charge on any atom is -0.336 e. The van der Waals surface area contributed by atoms with Crippen LogP contribution in [0.4, 0.5) is 20.3 Å². The van der Waals surface area contributed by atoms with Crippen molar-refractivity contribution >= 4 is 22.7 Å². The van der Waals surface area contributed by atoms with Gasteiger partial charge in [-0.25, -0.2) is 23.7 Å². The van der Waals surface area contributed by atoms with Crippen molar-refractivity contribution in [1.82, 2.24) is 19.5 Å². The lowest BCUT2D eigenvalue weighted by Crippen LogP contribution is -2.02. The maximum Gasteiger partial charge on any atom is 0.165 e. The zero-order valence-electron chi connectivity index (χ0n) is 14.2. The van der Waals surface area contributed by atoms with E-state index in [0.29, 0.717) is 39.6 Å². The van der Waals surface area contributed by atoms with E-state index in [9.17, 15) is 8.78 Å². The molecular formula is C19H15F2N5. The fourth-order valence-electron chi connectivity index (χ4n) is 2.78. The Kier molecular flexibility index (Phi) is 3.84. The topological polar surface area (TPSA) is 55.6 Å². The second-order valence-corrected chi connectivity index (χ2v) is 5.99. The number of hydrogen-bond acceptors (Lipinski definition) is 4. The van der Waals surface area contributed by atoms with E-state index in [4.69, 9.17) is 0 Å². The molecule has 0 aliphatic heterocycles. The smallest absolute Gasteiger partial charge is 0.165 e. The molecule has 0 bridgehead atoms. The molecule has 0 aliphatic rings. The van der Waals surface area contributed by atoms with Crippen molar-refractivity contribution < 1.29 is 8.78 Å². The van der Waals surface area contributed by atoms with Gasteiger partial charge in [-0.1, -0.05) is 12.1 Å². The van der Waals surface area contributed by atoms with E-state index in [1.165, 1.54) is 18.2 Å². The highest BCUT2D eigenvalue weighted by molar-refractivity contribution is 5.87. The minimum atomic E-state index is -0.394. The number of nitrogens with one attached hydrogen (secondary N) is 1. The molecule has 4 aromatic rings. The molecule has 0 unspecified atom stereocenters. The van der Waals surface area contributed by atoms with Crippen LogP contribution in [-0.2, 0) is 7.05 Å². The lowest BCUT2D eigenvalue weighted by atomic mass is 10.1. The van der Waals surface area contributed by atoms with Crippen LogP contribution in [0.3, 0.4) is 0 Å². The summed E-state index contributed by atoms with van der Waals surface area (Å²) in [5.74, 6) is 0.0872. The molecule has 5 nitrogen and oxygen atoms in total. The van der Waals surface area contributed by atoms with Gasteiger partial charge in [0.1, 0.15) is 11.6 Å². The number of imidazole rings is 1. The third-order valence-electron chi connectivity index (χ3n) is 4.12. The second-order valence-electron chi connectivity index (χ2n) is 5.99. The number of aromatic nitrogens is 4. The van der Waals surface area contributed by atoms with Gasteiger partial charge in [-0.2, -0.15) is 0 Å². The summed E-state index contributed by atoms with van der Waals surface area (Å²) < 4.78 is 29.2. The van der Waals surface area contributed by atoms with Crippen LogP contribution >= 0.6 is 0 Å². The van der Waals surface area contributed by atoms with Gasteiger partial charge in [-0.15, -0.1) is 0 Å². The Morgan fingerprint density at radius 2 is 1.85 bits per heavy atom. The molecule has 7 heteroatoms. The van der Waals surface area contributed by atoms with Gasteiger partial charge in [0.25, 0.3) is 0 Å². The number of nitrogens with zero attached hydrogens (tertiary/aromatic N) is 4. The maximum atomic E-state index is 14.0. The van der Waals surface area contributed by atoms with Crippen LogP contribution in [0, 0.1) is 18.6 Å². The van der Waals surface area contributed by atoms with Gasteiger partial charge in [0.05, 0.1) is 12.0 Å². The van der Waals surface area contributed by atoms with Gasteiger partial charge in [-0.05, 0) is 42.8 Å². The summed E-state index contributed by atoms with van der Waals surface area (Å²) in [5.41, 5.74) is 2.83. The van der Waals surface area contributed by atoms with Crippen molar-refractivity contribution in [2.75, 3.05) is 5.32 Å². The van der Waals surface area contributed by atoms with Gasteiger partial charge in [0, 0.05) is 12.6 Å². The van der Waals surface area contributed by atoms with Crippen molar-refractivity contribution in [1.29, 1.82) is 0 Å². The monoisotopic (exact) mass is 351 g/mol. The van der Waals surface area contributed by atoms with E-state index < -0.39 is 5.82 Å². The number of para-hydroxylation sites is 1. The molecule has 0 atom stereocenters. The van der Waals surface area contributed by atoms with Crippen LogP contribution in [-0.4, -0.2) is 19.5 Å². The minimum absolute atomic E-state index is 0.292. The first-order valence-corrected chi connectivity index (χ1v) is 8.00. The van der Waals surface area contributed by atoms with Crippen LogP contribution in [0.2, 0.25) is 0 Å². The highest BCUT2D eigenvalue weighted by Gasteiger charge is 2.16. The zero-order chi connectivity index (χ0) is 18.3. The average molecular weight is 351 g/mol. The predicted molar refractivity (Wildman–Crippen MR) is 96.1 cm³/mol. The molecule has 1 N–H and O–H groups in total. The predicted octanol–water partition coefficient (Wildman–Crippen LogP) is 4.36. The molecule has 0 spiro atoms. The summed E-state index contributed by atoms with van der Waals surface area (Å²) in [5, 5.41) is 2.99. The van der Waals surface area contributed by atoms with Crippen molar-refractivity contribution in [3.63, 3.8) is 0 Å². The van der Waals surface area contributed by atoms with E-state index in [2.05, 4.69) is 20.3 Å². The Balaban J connectivity index is 1.90. The summed E-state index contributed by atoms with van der Waals surface area (Å²) in [6.07, 6.45) is 1.62. The number of aryl methyl sites for hydroxylation is 2. The maximum absolute atomic E-state index is 14.0. The lowest BCUT2D eigenvalue weighted by molar-refractivity contribution is 0.627. The lowest BCUT2D eigenvalue weighted by Gasteiger charge is -2.11. The van der Waals surface area contributed by atoms with Crippen molar-refractivity contribution in [3.05, 3.63) is 66.0 Å². The molecule has 0 saturated heterocycles. The van der Waals surface area contributed by atoms with Crippen LogP contribution in [0.5, 0.6) is 0 Å². The van der Waals surface area contributed by atoms with Gasteiger partial charge < -0.3 is 9.88 Å². The molecule has 0 radical (unpaired) electrons. The largest absolute Gasteiger partial charge is 0.336 e. The van der Waals surface area contributed by atoms with Gasteiger partial charge in [0.2, 0.25) is 0 Å². The summed E-state index contributed by atoms with van der Waals surface area (Å²) >= 11 is 0. The van der Waals surface area contributed by atoms with E-state index in [0.717, 1.165) is 0 Å². The van der Waals surface area contributed by atoms with Crippen molar-refractivity contribution in [2.45, 2.75) is 6.92 Å². The van der Waals surface area contributed by atoms with Crippen LogP contribution in [0.25, 0.3) is 22.6 Å². The van der Waals surface area contributed by atoms with Crippen LogP contribution in [0.1, 0.15) is 5.56 Å². The Bertz CT molecular complexity index is 1120. The number of fused-ring (bicyclic) bond motifs is 1. The molecule has 0 aliphatic carbocycles. The summed E-state index contributed by atoms with van der Waals surface area (Å²) in [4.78, 5) is 13.4. The SMILES string of the molecule is Cc1cc(F)ccc1-c1nc(Nc2ccccc2F)c2ncn(C)c2n1. The highest BCUT2D eigenvalue weighted by Crippen LogP contribution is 2.28. The molecule has 0 amide bonds. The normalized spacial score (nSPS) is 11.1. The van der Waals surface area contributed by atoms with Crippen LogP contribution < -0.4 is 5.32 Å². The first kappa shape index (κ1) is 16.1. The third kappa shape index (κ3) is 2.77. The number of halogens is 2. The Labute approximate surface area is 148 Å². The number of rotatable bonds is 3. The van der Waals surface area contributed by atoms with E-state index in [-0.39, 0.29) is 5.82 Å². The quantitative estimate of drug-likeness (QED) is 0.596. The second kappa shape index (κ2) is 6.18. The zero-order valence-corrected chi connectivity index (χ0v) is 14.2. The molecule has 4 rings (SSSR count). The number of hydrogen-bond donors (Lipinski definition) is 1. The molecule has 2 aromatic heterocycles. The molecule has 26 heavy (non-hydrogen) atoms. The number of benzene rings is 2. The summed E-state index contributed by atoms with van der Waals surface area (Å²) in [6.45, 7) is 1.79. The third-order valence-corrected chi connectivity index (χ3v) is 4.12. The molecule has 130 valence electrons. The van der Waals surface area contributed by atoms with E-state index >= 15 is 0 Å². The van der Waals surface area contributed by atoms with Gasteiger partial charge in [0.15, 0.2) is 22.8 Å². The standard InChI is InChI=1S/C19H15F2N5/c1-11-9-12(20)7-8-13(11)17-24-18(16-19(25-17)26(2)10-22-16)23-15-6-4-3-5-14(15)21/h3-10H,1-2H3,(H,23,24,25). The first-order valence-electron chi connectivity index (χ1n) is 8.00. The summed E-state index contributed by atoms with van der Waals surface area (Å²) in [6, 6.07) is 10.8. The van der Waals surface area contributed by atoms with Crippen molar-refractivity contribution in [3.8, 4) is 11.4 Å². The van der Waals surface area contributed by atoms with Gasteiger partial charge in [-0.3, -0.25) is 0 Å². The fourth-order valence-corrected chi connectivity index (χ4v) is 2.78. The molecule has 2 heterocycles. The molecule has 0 fully saturated rings. The Morgan fingerprint density at radius 3 is 2.62 bits per heavy atom. The molecule has 2 aromatic carbocycles. The molecular weight excluding hydrogens is 336 g/mol. The van der Waals surface area contributed by atoms with E-state index in [1.54, 1.807) is 42.1 Å². The van der Waals surface area contributed by atoms with Crippen LogP contribution in [0.15, 0.2) is 48.8 Å². The van der Waals surface area contributed by atoms with Gasteiger partial charge >= 0.3 is 0 Å². The Morgan fingerprint density at radius 1 is 1.04 bits per heavy atom. The highest BCUT2D eigenvalue weighted by atomic mass is 19.1. The summed E-state index contributed by atoms with van der Waals surface area (Å²) in [7, 11) is 1.82. The van der Waals surface area contributed by atoms with E-state index in [1.807, 2.05) is 7.05 Å². The average Bonchev–Trinajstić information content (AvgIpc) is 2.98. The number of anilines is 2. The fraction of sp³-hybridized carbons (Fsp3) is 0.105. The van der Waals surface area contributed by atoms with Crippen molar-refractivity contribution in [2.24, 2.45) is 7.05 Å². The Hall–Kier alpha value is -3.35. The molecule has 0 saturated carbocycles.